The SMILES string of the molecule is CC[C@H](CC(=O)N1CCCC[C@H]1C(=O)O)NC(=O)OCC1c2ccccc2-c2ccccc21. The third-order valence-corrected chi connectivity index (χ3v) is 6.69. The van der Waals surface area contributed by atoms with Gasteiger partial charge in [-0.15, -0.1) is 0 Å². The second-order valence-electron chi connectivity index (χ2n) is 8.72. The standard InChI is InChI=1S/C26H30N2O5/c1-2-17(15-24(29)28-14-8-7-13-23(28)25(30)31)27-26(32)33-16-22-20-11-5-3-9-18(20)19-10-4-6-12-21(19)22/h3-6,9-12,17,22-23H,2,7-8,13-16H2,1H3,(H,27,32)(H,30,31)/t17-,23+/m1/s1. The lowest BCUT2D eigenvalue weighted by Gasteiger charge is -2.34. The van der Waals surface area contributed by atoms with Gasteiger partial charge in [0.25, 0.3) is 0 Å². The molecule has 0 unspecified atom stereocenters. The van der Waals surface area contributed by atoms with Crippen LogP contribution in [0.5, 0.6) is 0 Å². The van der Waals surface area contributed by atoms with Gasteiger partial charge in [-0.2, -0.15) is 0 Å². The topological polar surface area (TPSA) is 95.9 Å². The van der Waals surface area contributed by atoms with Crippen molar-refractivity contribution >= 4 is 18.0 Å². The van der Waals surface area contributed by atoms with Crippen molar-refractivity contribution in [1.82, 2.24) is 10.2 Å². The number of fused-ring (bicyclic) bond motifs is 3. The Morgan fingerprint density at radius 1 is 1.06 bits per heavy atom. The Kier molecular flexibility index (Phi) is 6.96. The summed E-state index contributed by atoms with van der Waals surface area (Å²) in [6.45, 7) is 2.53. The van der Waals surface area contributed by atoms with E-state index in [1.165, 1.54) is 4.90 Å². The molecule has 1 aliphatic carbocycles. The summed E-state index contributed by atoms with van der Waals surface area (Å²) in [5.74, 6) is -1.25. The second kappa shape index (κ2) is 10.1. The van der Waals surface area contributed by atoms with Crippen LogP contribution in [0.3, 0.4) is 0 Å². The molecule has 2 aromatic carbocycles. The van der Waals surface area contributed by atoms with Crippen LogP contribution in [0.2, 0.25) is 0 Å². The number of likely N-dealkylation sites (tertiary alicyclic amines) is 1. The Morgan fingerprint density at radius 3 is 2.30 bits per heavy atom. The van der Waals surface area contributed by atoms with E-state index in [9.17, 15) is 19.5 Å². The van der Waals surface area contributed by atoms with E-state index >= 15 is 0 Å². The monoisotopic (exact) mass is 450 g/mol. The molecule has 1 aliphatic heterocycles. The average Bonchev–Trinajstić information content (AvgIpc) is 3.16. The van der Waals surface area contributed by atoms with Gasteiger partial charge in [-0.25, -0.2) is 9.59 Å². The van der Waals surface area contributed by atoms with E-state index in [0.29, 0.717) is 19.4 Å². The Bertz CT molecular complexity index is 991. The molecule has 2 N–H and O–H groups in total. The zero-order chi connectivity index (χ0) is 23.4. The third kappa shape index (κ3) is 4.87. The van der Waals surface area contributed by atoms with Gasteiger partial charge < -0.3 is 20.1 Å². The molecule has 7 heteroatoms. The first-order valence-corrected chi connectivity index (χ1v) is 11.6. The van der Waals surface area contributed by atoms with Crippen LogP contribution >= 0.6 is 0 Å². The normalized spacial score (nSPS) is 18.2. The van der Waals surface area contributed by atoms with Crippen molar-refractivity contribution in [3.8, 4) is 11.1 Å². The van der Waals surface area contributed by atoms with Gasteiger partial charge >= 0.3 is 12.1 Å². The minimum atomic E-state index is -0.972. The number of ether oxygens (including phenoxy) is 1. The fourth-order valence-corrected chi connectivity index (χ4v) is 4.92. The van der Waals surface area contributed by atoms with Crippen LogP contribution in [0.1, 0.15) is 56.1 Å². The average molecular weight is 451 g/mol. The number of carbonyl (C=O) groups is 3. The highest BCUT2D eigenvalue weighted by Gasteiger charge is 2.33. The summed E-state index contributed by atoms with van der Waals surface area (Å²) in [4.78, 5) is 38.3. The summed E-state index contributed by atoms with van der Waals surface area (Å²) in [6.07, 6.45) is 2.11. The lowest BCUT2D eigenvalue weighted by atomic mass is 9.98. The van der Waals surface area contributed by atoms with E-state index in [1.807, 2.05) is 31.2 Å². The summed E-state index contributed by atoms with van der Waals surface area (Å²) in [5, 5.41) is 12.2. The number of benzene rings is 2. The summed E-state index contributed by atoms with van der Waals surface area (Å²) >= 11 is 0. The highest BCUT2D eigenvalue weighted by Crippen LogP contribution is 2.44. The van der Waals surface area contributed by atoms with Crippen molar-refractivity contribution in [2.75, 3.05) is 13.2 Å². The molecular formula is C26H30N2O5. The van der Waals surface area contributed by atoms with Gasteiger partial charge in [0, 0.05) is 24.9 Å². The van der Waals surface area contributed by atoms with Gasteiger partial charge in [-0.3, -0.25) is 4.79 Å². The number of alkyl carbamates (subject to hydrolysis) is 1. The maximum atomic E-state index is 12.8. The number of nitrogens with one attached hydrogen (secondary N) is 1. The Balaban J connectivity index is 1.35. The van der Waals surface area contributed by atoms with Crippen LogP contribution < -0.4 is 5.32 Å². The van der Waals surface area contributed by atoms with Gasteiger partial charge in [0.05, 0.1) is 0 Å². The Labute approximate surface area is 193 Å². The van der Waals surface area contributed by atoms with Crippen LogP contribution in [0.25, 0.3) is 11.1 Å². The molecule has 2 atom stereocenters. The van der Waals surface area contributed by atoms with Gasteiger partial charge in [0.15, 0.2) is 0 Å². The van der Waals surface area contributed by atoms with Crippen molar-refractivity contribution in [2.45, 2.75) is 57.0 Å². The summed E-state index contributed by atoms with van der Waals surface area (Å²) in [6, 6.07) is 15.1. The number of hydrogen-bond donors (Lipinski definition) is 2. The Morgan fingerprint density at radius 2 is 1.70 bits per heavy atom. The molecule has 7 nitrogen and oxygen atoms in total. The number of aliphatic carboxylic acids is 1. The lowest BCUT2D eigenvalue weighted by molar-refractivity contribution is -0.152. The van der Waals surface area contributed by atoms with Gasteiger partial charge in [0.2, 0.25) is 5.91 Å². The highest BCUT2D eigenvalue weighted by molar-refractivity contribution is 5.84. The molecule has 4 rings (SSSR count). The van der Waals surface area contributed by atoms with E-state index < -0.39 is 24.1 Å². The van der Waals surface area contributed by atoms with Crippen molar-refractivity contribution in [3.05, 3.63) is 59.7 Å². The van der Waals surface area contributed by atoms with Crippen molar-refractivity contribution in [1.29, 1.82) is 0 Å². The highest BCUT2D eigenvalue weighted by atomic mass is 16.5. The summed E-state index contributed by atoms with van der Waals surface area (Å²) in [7, 11) is 0. The molecule has 2 aliphatic rings. The molecule has 0 aromatic heterocycles. The fourth-order valence-electron chi connectivity index (χ4n) is 4.92. The first kappa shape index (κ1) is 22.8. The van der Waals surface area contributed by atoms with Crippen molar-refractivity contribution < 1.29 is 24.2 Å². The number of rotatable bonds is 7. The Hall–Kier alpha value is -3.35. The van der Waals surface area contributed by atoms with E-state index in [1.54, 1.807) is 0 Å². The van der Waals surface area contributed by atoms with E-state index in [2.05, 4.69) is 29.6 Å². The molecule has 1 heterocycles. The van der Waals surface area contributed by atoms with Crippen molar-refractivity contribution in [3.63, 3.8) is 0 Å². The summed E-state index contributed by atoms with van der Waals surface area (Å²) < 4.78 is 5.59. The predicted octanol–water partition coefficient (Wildman–Crippen LogP) is 4.16. The fraction of sp³-hybridized carbons (Fsp3) is 0.423. The number of amides is 2. The maximum Gasteiger partial charge on any atom is 0.407 e. The smallest absolute Gasteiger partial charge is 0.407 e. The lowest BCUT2D eigenvalue weighted by Crippen LogP contribution is -2.50. The molecule has 1 fully saturated rings. The third-order valence-electron chi connectivity index (χ3n) is 6.69. The number of nitrogens with zero attached hydrogens (tertiary/aromatic N) is 1. The molecule has 174 valence electrons. The number of carbonyl (C=O) groups excluding carboxylic acids is 2. The van der Waals surface area contributed by atoms with Gasteiger partial charge in [0.1, 0.15) is 12.6 Å². The maximum absolute atomic E-state index is 12.8. The predicted molar refractivity (Wildman–Crippen MR) is 124 cm³/mol. The minimum Gasteiger partial charge on any atom is -0.480 e. The van der Waals surface area contributed by atoms with Crippen LogP contribution in [-0.2, 0) is 14.3 Å². The van der Waals surface area contributed by atoms with E-state index in [-0.39, 0.29) is 24.9 Å². The van der Waals surface area contributed by atoms with E-state index in [0.717, 1.165) is 35.1 Å². The van der Waals surface area contributed by atoms with Crippen LogP contribution in [0.4, 0.5) is 4.79 Å². The number of piperidine rings is 1. The first-order valence-electron chi connectivity index (χ1n) is 11.6. The van der Waals surface area contributed by atoms with Crippen LogP contribution in [0, 0.1) is 0 Å². The molecule has 0 radical (unpaired) electrons. The zero-order valence-electron chi connectivity index (χ0n) is 18.8. The molecule has 0 saturated carbocycles. The zero-order valence-corrected chi connectivity index (χ0v) is 18.8. The minimum absolute atomic E-state index is 0.0328. The van der Waals surface area contributed by atoms with Crippen LogP contribution in [0.15, 0.2) is 48.5 Å². The first-order chi connectivity index (χ1) is 16.0. The quantitative estimate of drug-likeness (QED) is 0.660. The van der Waals surface area contributed by atoms with E-state index in [4.69, 9.17) is 4.74 Å². The molecular weight excluding hydrogens is 420 g/mol. The number of carboxylic acid groups (broad SMARTS) is 1. The second-order valence-corrected chi connectivity index (χ2v) is 8.72. The molecule has 33 heavy (non-hydrogen) atoms. The number of hydrogen-bond acceptors (Lipinski definition) is 4. The largest absolute Gasteiger partial charge is 0.480 e. The number of carboxylic acids is 1. The van der Waals surface area contributed by atoms with Crippen molar-refractivity contribution in [2.24, 2.45) is 0 Å². The molecule has 0 spiro atoms. The van der Waals surface area contributed by atoms with Gasteiger partial charge in [-0.1, -0.05) is 55.5 Å². The molecule has 1 saturated heterocycles. The summed E-state index contributed by atoms with van der Waals surface area (Å²) in [5.41, 5.74) is 4.60. The molecule has 2 amide bonds. The molecule has 0 bridgehead atoms. The molecule has 2 aromatic rings. The van der Waals surface area contributed by atoms with Crippen LogP contribution in [-0.4, -0.2) is 53.2 Å². The van der Waals surface area contributed by atoms with Gasteiger partial charge in [-0.05, 0) is 47.9 Å².